The predicted molar refractivity (Wildman–Crippen MR) is 117 cm³/mol. The van der Waals surface area contributed by atoms with E-state index in [2.05, 4.69) is 0 Å². The summed E-state index contributed by atoms with van der Waals surface area (Å²) >= 11 is 5.95. The normalized spacial score (nSPS) is 18.3. The van der Waals surface area contributed by atoms with Crippen LogP contribution >= 0.6 is 11.6 Å². The molecular formula is C23H25ClN2O4. The maximum Gasteiger partial charge on any atom is 0.295 e. The second-order valence-corrected chi connectivity index (χ2v) is 7.74. The molecule has 2 aromatic carbocycles. The third-order valence-corrected chi connectivity index (χ3v) is 5.18. The fraction of sp³-hybridized carbons (Fsp3) is 0.304. The zero-order valence-electron chi connectivity index (χ0n) is 17.3. The number of ether oxygens (including phenoxy) is 1. The Morgan fingerprint density at radius 1 is 1.17 bits per heavy atom. The largest absolute Gasteiger partial charge is 0.507 e. The summed E-state index contributed by atoms with van der Waals surface area (Å²) in [6, 6.07) is 13.1. The standard InChI is InChI=1S/C23H25ClN2O4/c1-4-30-18-7-5-6-16(14-18)20-19(21(27)15-8-10-17(24)11-9-15)22(28)23(29)26(20)13-12-25(2)3/h5-11,14,20,27H,4,12-13H2,1-3H3. The Kier molecular flexibility index (Phi) is 6.80. The van der Waals surface area contributed by atoms with Crippen molar-refractivity contribution in [2.75, 3.05) is 33.8 Å². The van der Waals surface area contributed by atoms with E-state index in [1.807, 2.05) is 44.1 Å². The first kappa shape index (κ1) is 21.9. The van der Waals surface area contributed by atoms with Crippen molar-refractivity contribution in [2.24, 2.45) is 0 Å². The number of carbonyl (C=O) groups is 2. The van der Waals surface area contributed by atoms with Gasteiger partial charge in [0.2, 0.25) is 0 Å². The molecule has 1 aliphatic rings. The summed E-state index contributed by atoms with van der Waals surface area (Å²) in [6.45, 7) is 3.31. The van der Waals surface area contributed by atoms with Crippen molar-refractivity contribution < 1.29 is 19.4 Å². The topological polar surface area (TPSA) is 70.1 Å². The fourth-order valence-electron chi connectivity index (χ4n) is 3.47. The van der Waals surface area contributed by atoms with Gasteiger partial charge in [0.25, 0.3) is 11.7 Å². The van der Waals surface area contributed by atoms with Gasteiger partial charge in [0.05, 0.1) is 18.2 Å². The Hall–Kier alpha value is -2.83. The summed E-state index contributed by atoms with van der Waals surface area (Å²) in [5.74, 6) is -0.906. The van der Waals surface area contributed by atoms with Crippen molar-refractivity contribution >= 4 is 29.1 Å². The average molecular weight is 429 g/mol. The van der Waals surface area contributed by atoms with Crippen LogP contribution in [0.2, 0.25) is 5.02 Å². The van der Waals surface area contributed by atoms with Crippen LogP contribution in [-0.2, 0) is 9.59 Å². The van der Waals surface area contributed by atoms with E-state index in [1.54, 1.807) is 30.3 Å². The van der Waals surface area contributed by atoms with Crippen LogP contribution in [0.15, 0.2) is 54.1 Å². The van der Waals surface area contributed by atoms with E-state index in [4.69, 9.17) is 16.3 Å². The second-order valence-electron chi connectivity index (χ2n) is 7.31. The second kappa shape index (κ2) is 9.32. The lowest BCUT2D eigenvalue weighted by Gasteiger charge is -2.26. The number of ketones is 1. The molecule has 1 saturated heterocycles. The van der Waals surface area contributed by atoms with Crippen LogP contribution in [0.5, 0.6) is 5.75 Å². The van der Waals surface area contributed by atoms with Crippen molar-refractivity contribution in [3.63, 3.8) is 0 Å². The number of aliphatic hydroxyl groups excluding tert-OH is 1. The molecule has 0 aliphatic carbocycles. The predicted octanol–water partition coefficient (Wildman–Crippen LogP) is 3.72. The van der Waals surface area contributed by atoms with Gasteiger partial charge < -0.3 is 19.6 Å². The van der Waals surface area contributed by atoms with Gasteiger partial charge in [0.15, 0.2) is 0 Å². The summed E-state index contributed by atoms with van der Waals surface area (Å²) in [7, 11) is 3.80. The van der Waals surface area contributed by atoms with Gasteiger partial charge in [0.1, 0.15) is 11.5 Å². The Labute approximate surface area is 181 Å². The third-order valence-electron chi connectivity index (χ3n) is 4.93. The Morgan fingerprint density at radius 3 is 2.50 bits per heavy atom. The molecule has 0 radical (unpaired) electrons. The maximum absolute atomic E-state index is 13.0. The van der Waals surface area contributed by atoms with E-state index in [-0.39, 0.29) is 11.3 Å². The summed E-state index contributed by atoms with van der Waals surface area (Å²) in [5, 5.41) is 11.5. The van der Waals surface area contributed by atoms with Crippen LogP contribution in [0.4, 0.5) is 0 Å². The van der Waals surface area contributed by atoms with Crippen LogP contribution < -0.4 is 4.74 Å². The number of carbonyl (C=O) groups excluding carboxylic acids is 2. The molecule has 0 bridgehead atoms. The number of benzene rings is 2. The fourth-order valence-corrected chi connectivity index (χ4v) is 3.60. The molecule has 0 spiro atoms. The highest BCUT2D eigenvalue weighted by atomic mass is 35.5. The number of hydrogen-bond donors (Lipinski definition) is 1. The van der Waals surface area contributed by atoms with Gasteiger partial charge >= 0.3 is 0 Å². The van der Waals surface area contributed by atoms with Crippen LogP contribution in [-0.4, -0.2) is 60.4 Å². The van der Waals surface area contributed by atoms with Gasteiger partial charge in [-0.25, -0.2) is 0 Å². The van der Waals surface area contributed by atoms with E-state index >= 15 is 0 Å². The highest BCUT2D eigenvalue weighted by Crippen LogP contribution is 2.40. The molecule has 1 N–H and O–H groups in total. The average Bonchev–Trinajstić information content (AvgIpc) is 2.97. The number of likely N-dealkylation sites (N-methyl/N-ethyl adjacent to an activating group) is 1. The lowest BCUT2D eigenvalue weighted by molar-refractivity contribution is -0.140. The molecule has 30 heavy (non-hydrogen) atoms. The summed E-state index contributed by atoms with van der Waals surface area (Å²) < 4.78 is 5.60. The molecule has 1 heterocycles. The molecule has 1 atom stereocenters. The van der Waals surface area contributed by atoms with Gasteiger partial charge in [-0.15, -0.1) is 0 Å². The minimum absolute atomic E-state index is 0.0646. The Balaban J connectivity index is 2.14. The molecule has 3 rings (SSSR count). The van der Waals surface area contributed by atoms with E-state index in [0.717, 1.165) is 0 Å². The Bertz CT molecular complexity index is 969. The molecule has 7 heteroatoms. The summed E-state index contributed by atoms with van der Waals surface area (Å²) in [4.78, 5) is 29.3. The minimum Gasteiger partial charge on any atom is -0.507 e. The van der Waals surface area contributed by atoms with Crippen molar-refractivity contribution in [3.05, 3.63) is 70.3 Å². The van der Waals surface area contributed by atoms with Gasteiger partial charge in [-0.3, -0.25) is 9.59 Å². The zero-order valence-corrected chi connectivity index (χ0v) is 18.0. The quantitative estimate of drug-likeness (QED) is 0.413. The van der Waals surface area contributed by atoms with Crippen LogP contribution in [0.1, 0.15) is 24.1 Å². The molecule has 0 aromatic heterocycles. The van der Waals surface area contributed by atoms with Gasteiger partial charge in [0, 0.05) is 23.7 Å². The molecule has 6 nitrogen and oxygen atoms in total. The van der Waals surface area contributed by atoms with Gasteiger partial charge in [-0.05, 0) is 63.0 Å². The highest BCUT2D eigenvalue weighted by Gasteiger charge is 2.46. The summed E-state index contributed by atoms with van der Waals surface area (Å²) in [6.07, 6.45) is 0. The highest BCUT2D eigenvalue weighted by molar-refractivity contribution is 6.46. The van der Waals surface area contributed by atoms with Crippen LogP contribution in [0.3, 0.4) is 0 Å². The molecule has 1 amide bonds. The van der Waals surface area contributed by atoms with E-state index in [0.29, 0.717) is 41.6 Å². The SMILES string of the molecule is CCOc1cccc(C2C(=C(O)c3ccc(Cl)cc3)C(=O)C(=O)N2CCN(C)C)c1. The molecule has 1 aliphatic heterocycles. The van der Waals surface area contributed by atoms with Crippen molar-refractivity contribution in [1.82, 2.24) is 9.80 Å². The van der Waals surface area contributed by atoms with Crippen LogP contribution in [0.25, 0.3) is 5.76 Å². The summed E-state index contributed by atoms with van der Waals surface area (Å²) in [5.41, 5.74) is 1.19. The lowest BCUT2D eigenvalue weighted by Crippen LogP contribution is -2.35. The number of halogens is 1. The van der Waals surface area contributed by atoms with Crippen molar-refractivity contribution in [2.45, 2.75) is 13.0 Å². The van der Waals surface area contributed by atoms with Gasteiger partial charge in [-0.1, -0.05) is 23.7 Å². The van der Waals surface area contributed by atoms with E-state index in [9.17, 15) is 14.7 Å². The first-order chi connectivity index (χ1) is 14.3. The number of aliphatic hydroxyl groups is 1. The number of hydrogen-bond acceptors (Lipinski definition) is 5. The third kappa shape index (κ3) is 4.50. The minimum atomic E-state index is -0.707. The number of amides is 1. The van der Waals surface area contributed by atoms with Crippen molar-refractivity contribution in [1.29, 1.82) is 0 Å². The molecule has 1 unspecified atom stereocenters. The van der Waals surface area contributed by atoms with Crippen molar-refractivity contribution in [3.8, 4) is 5.75 Å². The molecule has 2 aromatic rings. The number of rotatable bonds is 7. The lowest BCUT2D eigenvalue weighted by atomic mass is 9.95. The van der Waals surface area contributed by atoms with Crippen LogP contribution in [0, 0.1) is 0 Å². The number of likely N-dealkylation sites (tertiary alicyclic amines) is 1. The molecule has 0 saturated carbocycles. The first-order valence-electron chi connectivity index (χ1n) is 9.75. The molecular weight excluding hydrogens is 404 g/mol. The van der Waals surface area contributed by atoms with Gasteiger partial charge in [-0.2, -0.15) is 0 Å². The number of Topliss-reactive ketones (excluding diaryl/α,β-unsaturated/α-hetero) is 1. The zero-order chi connectivity index (χ0) is 21.8. The Morgan fingerprint density at radius 2 is 1.87 bits per heavy atom. The first-order valence-corrected chi connectivity index (χ1v) is 10.1. The smallest absolute Gasteiger partial charge is 0.295 e. The van der Waals surface area contributed by atoms with E-state index in [1.165, 1.54) is 4.90 Å². The maximum atomic E-state index is 13.0. The van der Waals surface area contributed by atoms with E-state index < -0.39 is 17.7 Å². The molecule has 158 valence electrons. The molecule has 1 fully saturated rings. The monoisotopic (exact) mass is 428 g/mol. The number of nitrogens with zero attached hydrogens (tertiary/aromatic N) is 2.